The van der Waals surface area contributed by atoms with Gasteiger partial charge < -0.3 is 19.5 Å². The van der Waals surface area contributed by atoms with E-state index in [0.29, 0.717) is 24.7 Å². The number of aliphatic imine (C=N–C) groups is 1. The lowest BCUT2D eigenvalue weighted by Crippen LogP contribution is -2.40. The topological polar surface area (TPSA) is 62.9 Å². The molecule has 0 saturated heterocycles. The van der Waals surface area contributed by atoms with Gasteiger partial charge in [-0.15, -0.1) is 24.0 Å². The fourth-order valence-corrected chi connectivity index (χ4v) is 2.22. The monoisotopic (exact) mass is 478 g/mol. The smallest absolute Gasteiger partial charge is 0.193 e. The minimum atomic E-state index is 0. The standard InChI is InChI=1S/C17H23ClN4O2.HI/c1-4-14-11-16(24-21-14)12-20-17(19-2)22(3)9-10-23-15-7-5-13(18)6-8-15;/h5-8,11H,4,9-10,12H2,1-3H3,(H,19,20);1H. The largest absolute Gasteiger partial charge is 0.492 e. The van der Waals surface area contributed by atoms with E-state index in [1.165, 1.54) is 0 Å². The number of aromatic nitrogens is 1. The van der Waals surface area contributed by atoms with E-state index in [4.69, 9.17) is 20.9 Å². The maximum atomic E-state index is 5.85. The van der Waals surface area contributed by atoms with E-state index in [-0.39, 0.29) is 24.0 Å². The summed E-state index contributed by atoms with van der Waals surface area (Å²) in [6.45, 7) is 3.82. The molecule has 0 fully saturated rings. The SMILES string of the molecule is CCc1cc(CNC(=NC)N(C)CCOc2ccc(Cl)cc2)on1.I. The van der Waals surface area contributed by atoms with Gasteiger partial charge >= 0.3 is 0 Å². The number of nitrogens with one attached hydrogen (secondary N) is 1. The van der Waals surface area contributed by atoms with Crippen LogP contribution in [-0.4, -0.2) is 43.3 Å². The molecule has 1 aromatic carbocycles. The van der Waals surface area contributed by atoms with Crippen molar-refractivity contribution in [2.75, 3.05) is 27.2 Å². The predicted octanol–water partition coefficient (Wildman–Crippen LogP) is 3.59. The minimum absolute atomic E-state index is 0. The number of likely N-dealkylation sites (N-methyl/N-ethyl adjacent to an activating group) is 1. The molecule has 138 valence electrons. The molecule has 0 spiro atoms. The molecule has 1 heterocycles. The predicted molar refractivity (Wildman–Crippen MR) is 111 cm³/mol. The summed E-state index contributed by atoms with van der Waals surface area (Å²) in [6.07, 6.45) is 0.861. The fourth-order valence-electron chi connectivity index (χ4n) is 2.09. The molecular formula is C17H24ClIN4O2. The van der Waals surface area contributed by atoms with Crippen LogP contribution < -0.4 is 10.1 Å². The molecule has 0 unspecified atom stereocenters. The van der Waals surface area contributed by atoms with Crippen molar-refractivity contribution in [3.05, 3.63) is 46.8 Å². The van der Waals surface area contributed by atoms with Crippen LogP contribution in [0, 0.1) is 0 Å². The van der Waals surface area contributed by atoms with Crippen molar-refractivity contribution < 1.29 is 9.26 Å². The van der Waals surface area contributed by atoms with Crippen LogP contribution in [-0.2, 0) is 13.0 Å². The van der Waals surface area contributed by atoms with E-state index in [9.17, 15) is 0 Å². The molecule has 0 bridgehead atoms. The first-order valence-corrected chi connectivity index (χ1v) is 8.24. The van der Waals surface area contributed by atoms with E-state index in [1.54, 1.807) is 7.05 Å². The second-order valence-electron chi connectivity index (χ2n) is 5.26. The molecule has 0 atom stereocenters. The van der Waals surface area contributed by atoms with Crippen LogP contribution in [0.4, 0.5) is 0 Å². The number of halogens is 2. The van der Waals surface area contributed by atoms with Gasteiger partial charge in [-0.1, -0.05) is 23.7 Å². The Morgan fingerprint density at radius 3 is 2.68 bits per heavy atom. The summed E-state index contributed by atoms with van der Waals surface area (Å²) in [4.78, 5) is 6.26. The van der Waals surface area contributed by atoms with Crippen molar-refractivity contribution in [2.24, 2.45) is 4.99 Å². The Balaban J connectivity index is 0.00000312. The van der Waals surface area contributed by atoms with Crippen molar-refractivity contribution in [3.8, 4) is 5.75 Å². The van der Waals surface area contributed by atoms with Gasteiger partial charge in [0.25, 0.3) is 0 Å². The van der Waals surface area contributed by atoms with E-state index >= 15 is 0 Å². The Morgan fingerprint density at radius 2 is 2.08 bits per heavy atom. The van der Waals surface area contributed by atoms with Gasteiger partial charge in [-0.3, -0.25) is 4.99 Å². The second-order valence-corrected chi connectivity index (χ2v) is 5.70. The first kappa shape index (κ1) is 21.6. The highest BCUT2D eigenvalue weighted by molar-refractivity contribution is 14.0. The Morgan fingerprint density at radius 1 is 1.36 bits per heavy atom. The van der Waals surface area contributed by atoms with Gasteiger partial charge in [0.05, 0.1) is 18.8 Å². The number of ether oxygens (including phenoxy) is 1. The number of hydrogen-bond donors (Lipinski definition) is 1. The Hall–Kier alpha value is -1.48. The van der Waals surface area contributed by atoms with Crippen molar-refractivity contribution in [1.29, 1.82) is 0 Å². The quantitative estimate of drug-likeness (QED) is 0.374. The molecule has 0 aliphatic carbocycles. The van der Waals surface area contributed by atoms with E-state index in [0.717, 1.165) is 29.6 Å². The number of nitrogens with zero attached hydrogens (tertiary/aromatic N) is 3. The maximum Gasteiger partial charge on any atom is 0.193 e. The number of hydrogen-bond acceptors (Lipinski definition) is 4. The van der Waals surface area contributed by atoms with Gasteiger partial charge in [-0.05, 0) is 30.7 Å². The second kappa shape index (κ2) is 11.2. The minimum Gasteiger partial charge on any atom is -0.492 e. The zero-order valence-corrected chi connectivity index (χ0v) is 17.7. The van der Waals surface area contributed by atoms with Crippen LogP contribution in [0.3, 0.4) is 0 Å². The van der Waals surface area contributed by atoms with Crippen molar-refractivity contribution >= 4 is 41.5 Å². The molecule has 6 nitrogen and oxygen atoms in total. The van der Waals surface area contributed by atoms with Crippen LogP contribution in [0.15, 0.2) is 39.8 Å². The number of rotatable bonds is 7. The molecule has 8 heteroatoms. The van der Waals surface area contributed by atoms with Gasteiger partial charge in [-0.25, -0.2) is 0 Å². The Kier molecular flexibility index (Phi) is 9.66. The molecular weight excluding hydrogens is 455 g/mol. The molecule has 2 rings (SSSR count). The maximum absolute atomic E-state index is 5.85. The lowest BCUT2D eigenvalue weighted by atomic mass is 10.3. The van der Waals surface area contributed by atoms with Crippen molar-refractivity contribution in [1.82, 2.24) is 15.4 Å². The Labute approximate surface area is 170 Å². The third-order valence-electron chi connectivity index (χ3n) is 3.47. The highest BCUT2D eigenvalue weighted by atomic mass is 127. The molecule has 0 aliphatic heterocycles. The zero-order valence-electron chi connectivity index (χ0n) is 14.7. The summed E-state index contributed by atoms with van der Waals surface area (Å²) in [7, 11) is 3.70. The molecule has 1 N–H and O–H groups in total. The summed E-state index contributed by atoms with van der Waals surface area (Å²) in [5, 5.41) is 7.92. The summed E-state index contributed by atoms with van der Waals surface area (Å²) < 4.78 is 11.0. The van der Waals surface area contributed by atoms with Crippen molar-refractivity contribution in [3.63, 3.8) is 0 Å². The van der Waals surface area contributed by atoms with Crippen molar-refractivity contribution in [2.45, 2.75) is 19.9 Å². The molecule has 0 radical (unpaired) electrons. The molecule has 0 amide bonds. The third-order valence-corrected chi connectivity index (χ3v) is 3.73. The van der Waals surface area contributed by atoms with Crippen LogP contribution in [0.25, 0.3) is 0 Å². The number of guanidine groups is 1. The summed E-state index contributed by atoms with van der Waals surface area (Å²) in [5.41, 5.74) is 0.950. The van der Waals surface area contributed by atoms with Crippen LogP contribution in [0.1, 0.15) is 18.4 Å². The van der Waals surface area contributed by atoms with Gasteiger partial charge in [0.2, 0.25) is 0 Å². The molecule has 0 aliphatic rings. The van der Waals surface area contributed by atoms with Crippen LogP contribution >= 0.6 is 35.6 Å². The summed E-state index contributed by atoms with van der Waals surface area (Å²) in [5.74, 6) is 2.35. The van der Waals surface area contributed by atoms with E-state index in [2.05, 4.69) is 15.5 Å². The molecule has 2 aromatic rings. The average molecular weight is 479 g/mol. The lowest BCUT2D eigenvalue weighted by molar-refractivity contribution is 0.280. The highest BCUT2D eigenvalue weighted by Gasteiger charge is 2.08. The Bertz CT molecular complexity index is 661. The normalized spacial score (nSPS) is 11.0. The molecule has 25 heavy (non-hydrogen) atoms. The average Bonchev–Trinajstić information content (AvgIpc) is 3.05. The fraction of sp³-hybridized carbons (Fsp3) is 0.412. The third kappa shape index (κ3) is 7.11. The van der Waals surface area contributed by atoms with Crippen LogP contribution in [0.2, 0.25) is 5.02 Å². The number of benzene rings is 1. The molecule has 0 saturated carbocycles. The van der Waals surface area contributed by atoms with Crippen LogP contribution in [0.5, 0.6) is 5.75 Å². The van der Waals surface area contributed by atoms with Gasteiger partial charge in [-0.2, -0.15) is 0 Å². The van der Waals surface area contributed by atoms with Gasteiger partial charge in [0.15, 0.2) is 11.7 Å². The first-order valence-electron chi connectivity index (χ1n) is 7.87. The van der Waals surface area contributed by atoms with Gasteiger partial charge in [0, 0.05) is 25.2 Å². The molecule has 1 aromatic heterocycles. The van der Waals surface area contributed by atoms with Gasteiger partial charge in [0.1, 0.15) is 12.4 Å². The highest BCUT2D eigenvalue weighted by Crippen LogP contribution is 2.15. The van der Waals surface area contributed by atoms with E-state index < -0.39 is 0 Å². The lowest BCUT2D eigenvalue weighted by Gasteiger charge is -2.21. The zero-order chi connectivity index (χ0) is 17.4. The summed E-state index contributed by atoms with van der Waals surface area (Å²) in [6, 6.07) is 9.27. The first-order chi connectivity index (χ1) is 11.6. The summed E-state index contributed by atoms with van der Waals surface area (Å²) >= 11 is 5.85. The van der Waals surface area contributed by atoms with E-state index in [1.807, 2.05) is 49.2 Å². The number of aryl methyl sites for hydroxylation is 1.